The minimum absolute atomic E-state index is 0.00932. The molecule has 24 heavy (non-hydrogen) atoms. The molecule has 1 saturated carbocycles. The zero-order valence-electron chi connectivity index (χ0n) is 14.4. The Balaban J connectivity index is 1.72. The number of carbonyl (C=O) groups is 2. The Morgan fingerprint density at radius 3 is 2.71 bits per heavy atom. The van der Waals surface area contributed by atoms with Crippen molar-refractivity contribution in [2.45, 2.75) is 58.1 Å². The lowest BCUT2D eigenvalue weighted by atomic mass is 10.2. The Bertz CT molecular complexity index is 637. The van der Waals surface area contributed by atoms with Crippen molar-refractivity contribution in [2.75, 3.05) is 11.9 Å². The van der Waals surface area contributed by atoms with Crippen LogP contribution in [0.2, 0.25) is 0 Å². The largest absolute Gasteiger partial charge is 0.444 e. The SMILES string of the molecule is CC(C)(C)OC(=O)N1CCCC1c1nccc(NC(=O)C2CC2)n1. The molecule has 0 spiro atoms. The van der Waals surface area contributed by atoms with Crippen molar-refractivity contribution >= 4 is 17.8 Å². The minimum Gasteiger partial charge on any atom is -0.444 e. The molecule has 2 amide bonds. The number of rotatable bonds is 3. The van der Waals surface area contributed by atoms with E-state index in [2.05, 4.69) is 15.3 Å². The van der Waals surface area contributed by atoms with E-state index in [1.54, 1.807) is 17.2 Å². The lowest BCUT2D eigenvalue weighted by Gasteiger charge is -2.28. The van der Waals surface area contributed by atoms with Gasteiger partial charge in [0.25, 0.3) is 0 Å². The molecule has 1 unspecified atom stereocenters. The molecule has 1 atom stereocenters. The maximum absolute atomic E-state index is 12.4. The summed E-state index contributed by atoms with van der Waals surface area (Å²) in [7, 11) is 0. The van der Waals surface area contributed by atoms with Crippen LogP contribution in [-0.2, 0) is 9.53 Å². The standard InChI is InChI=1S/C17H24N4O3/c1-17(2,3)24-16(23)21-10-4-5-12(21)14-18-9-8-13(19-14)20-15(22)11-6-7-11/h8-9,11-12H,4-7,10H2,1-3H3,(H,18,19,20,22). The normalized spacial score (nSPS) is 20.8. The molecule has 0 radical (unpaired) electrons. The second kappa shape index (κ2) is 6.37. The van der Waals surface area contributed by atoms with E-state index in [9.17, 15) is 9.59 Å². The third-order valence-corrected chi connectivity index (χ3v) is 4.05. The number of likely N-dealkylation sites (tertiary alicyclic amines) is 1. The topological polar surface area (TPSA) is 84.4 Å². The molecule has 1 N–H and O–H groups in total. The first-order valence-electron chi connectivity index (χ1n) is 8.47. The highest BCUT2D eigenvalue weighted by Crippen LogP contribution is 2.32. The van der Waals surface area contributed by atoms with E-state index < -0.39 is 5.60 Å². The van der Waals surface area contributed by atoms with E-state index in [4.69, 9.17) is 4.74 Å². The van der Waals surface area contributed by atoms with E-state index in [1.165, 1.54) is 0 Å². The molecule has 1 aliphatic carbocycles. The highest BCUT2D eigenvalue weighted by atomic mass is 16.6. The van der Waals surface area contributed by atoms with Crippen LogP contribution < -0.4 is 5.32 Å². The molecule has 3 rings (SSSR count). The first kappa shape index (κ1) is 16.7. The average Bonchev–Trinajstić information content (AvgIpc) is 3.22. The zero-order valence-corrected chi connectivity index (χ0v) is 14.4. The van der Waals surface area contributed by atoms with Gasteiger partial charge in [-0.05, 0) is 52.5 Å². The third-order valence-electron chi connectivity index (χ3n) is 4.05. The van der Waals surface area contributed by atoms with E-state index in [0.717, 1.165) is 25.7 Å². The Morgan fingerprint density at radius 1 is 1.29 bits per heavy atom. The van der Waals surface area contributed by atoms with Gasteiger partial charge in [-0.15, -0.1) is 0 Å². The number of nitrogens with one attached hydrogen (secondary N) is 1. The summed E-state index contributed by atoms with van der Waals surface area (Å²) in [5.41, 5.74) is -0.537. The molecule has 1 aromatic heterocycles. The first-order chi connectivity index (χ1) is 11.3. The van der Waals surface area contributed by atoms with Crippen molar-refractivity contribution in [1.82, 2.24) is 14.9 Å². The predicted octanol–water partition coefficient (Wildman–Crippen LogP) is 2.90. The molecule has 1 aromatic rings. The van der Waals surface area contributed by atoms with Crippen molar-refractivity contribution < 1.29 is 14.3 Å². The van der Waals surface area contributed by atoms with Crippen LogP contribution in [0.15, 0.2) is 12.3 Å². The van der Waals surface area contributed by atoms with Crippen LogP contribution in [0.3, 0.4) is 0 Å². The van der Waals surface area contributed by atoms with Crippen LogP contribution in [0.5, 0.6) is 0 Å². The number of ether oxygens (including phenoxy) is 1. The van der Waals surface area contributed by atoms with E-state index in [1.807, 2.05) is 20.8 Å². The van der Waals surface area contributed by atoms with Crippen LogP contribution >= 0.6 is 0 Å². The van der Waals surface area contributed by atoms with Gasteiger partial charge < -0.3 is 10.1 Å². The number of hydrogen-bond donors (Lipinski definition) is 1. The molecule has 2 fully saturated rings. The number of nitrogens with zero attached hydrogens (tertiary/aromatic N) is 3. The average molecular weight is 332 g/mol. The molecular formula is C17H24N4O3. The second-order valence-corrected chi connectivity index (χ2v) is 7.40. The summed E-state index contributed by atoms with van der Waals surface area (Å²) >= 11 is 0. The van der Waals surface area contributed by atoms with Crippen LogP contribution in [0, 0.1) is 5.92 Å². The van der Waals surface area contributed by atoms with Crippen molar-refractivity contribution in [3.63, 3.8) is 0 Å². The van der Waals surface area contributed by atoms with Gasteiger partial charge in [0.05, 0.1) is 6.04 Å². The van der Waals surface area contributed by atoms with Gasteiger partial charge in [-0.3, -0.25) is 9.69 Å². The maximum Gasteiger partial charge on any atom is 0.410 e. The lowest BCUT2D eigenvalue weighted by Crippen LogP contribution is -2.37. The maximum atomic E-state index is 12.4. The number of hydrogen-bond acceptors (Lipinski definition) is 5. The van der Waals surface area contributed by atoms with Gasteiger partial charge in [-0.25, -0.2) is 14.8 Å². The van der Waals surface area contributed by atoms with Gasteiger partial charge >= 0.3 is 6.09 Å². The van der Waals surface area contributed by atoms with E-state index in [0.29, 0.717) is 18.2 Å². The molecule has 130 valence electrons. The fourth-order valence-electron chi connectivity index (χ4n) is 2.75. The summed E-state index contributed by atoms with van der Waals surface area (Å²) in [6.45, 7) is 6.17. The zero-order chi connectivity index (χ0) is 17.3. The molecule has 7 heteroatoms. The Kier molecular flexibility index (Phi) is 4.43. The Morgan fingerprint density at radius 2 is 2.04 bits per heavy atom. The highest BCUT2D eigenvalue weighted by molar-refractivity contribution is 5.93. The smallest absolute Gasteiger partial charge is 0.410 e. The van der Waals surface area contributed by atoms with Crippen LogP contribution in [-0.4, -0.2) is 39.0 Å². The molecular weight excluding hydrogens is 308 g/mol. The van der Waals surface area contributed by atoms with Crippen molar-refractivity contribution in [2.24, 2.45) is 5.92 Å². The summed E-state index contributed by atoms with van der Waals surface area (Å²) in [5.74, 6) is 1.17. The summed E-state index contributed by atoms with van der Waals surface area (Å²) in [4.78, 5) is 34.7. The van der Waals surface area contributed by atoms with Crippen molar-refractivity contribution in [3.8, 4) is 0 Å². The summed E-state index contributed by atoms with van der Waals surface area (Å²) in [6, 6.07) is 1.47. The fourth-order valence-corrected chi connectivity index (χ4v) is 2.75. The van der Waals surface area contributed by atoms with Gasteiger partial charge in [-0.2, -0.15) is 0 Å². The quantitative estimate of drug-likeness (QED) is 0.920. The monoisotopic (exact) mass is 332 g/mol. The lowest BCUT2D eigenvalue weighted by molar-refractivity contribution is -0.117. The van der Waals surface area contributed by atoms with Gasteiger partial charge in [0.1, 0.15) is 11.4 Å². The van der Waals surface area contributed by atoms with Gasteiger partial charge in [0.15, 0.2) is 5.82 Å². The molecule has 0 bridgehead atoms. The van der Waals surface area contributed by atoms with Gasteiger partial charge in [0, 0.05) is 18.7 Å². The Hall–Kier alpha value is -2.18. The number of aromatic nitrogens is 2. The summed E-state index contributed by atoms with van der Waals surface area (Å²) < 4.78 is 5.47. The van der Waals surface area contributed by atoms with E-state index in [-0.39, 0.29) is 24.0 Å². The van der Waals surface area contributed by atoms with Crippen molar-refractivity contribution in [3.05, 3.63) is 18.1 Å². The van der Waals surface area contributed by atoms with Gasteiger partial charge in [-0.1, -0.05) is 0 Å². The fraction of sp³-hybridized carbons (Fsp3) is 0.647. The second-order valence-electron chi connectivity index (χ2n) is 7.40. The highest BCUT2D eigenvalue weighted by Gasteiger charge is 2.35. The predicted molar refractivity (Wildman–Crippen MR) is 88.3 cm³/mol. The molecule has 1 aliphatic heterocycles. The molecule has 2 aliphatic rings. The number of amides is 2. The van der Waals surface area contributed by atoms with Crippen LogP contribution in [0.4, 0.5) is 10.6 Å². The van der Waals surface area contributed by atoms with Crippen molar-refractivity contribution in [1.29, 1.82) is 0 Å². The van der Waals surface area contributed by atoms with E-state index >= 15 is 0 Å². The molecule has 7 nitrogen and oxygen atoms in total. The Labute approximate surface area is 141 Å². The number of carbonyl (C=O) groups excluding carboxylic acids is 2. The number of anilines is 1. The minimum atomic E-state index is -0.537. The molecule has 2 heterocycles. The molecule has 0 aromatic carbocycles. The summed E-state index contributed by atoms with van der Waals surface area (Å²) in [5, 5.41) is 2.83. The molecule has 1 saturated heterocycles. The first-order valence-corrected chi connectivity index (χ1v) is 8.47. The third kappa shape index (κ3) is 4.01. The van der Waals surface area contributed by atoms with Crippen LogP contribution in [0.1, 0.15) is 58.3 Å². The van der Waals surface area contributed by atoms with Gasteiger partial charge in [0.2, 0.25) is 5.91 Å². The van der Waals surface area contributed by atoms with Crippen LogP contribution in [0.25, 0.3) is 0 Å². The summed E-state index contributed by atoms with van der Waals surface area (Å²) in [6.07, 6.45) is 4.83.